The molecule has 2 aliphatic rings. The number of anilines is 2. The largest absolute Gasteiger partial charge is 0.475 e. The number of carbonyl (C=O) groups excluding carboxylic acids is 1. The van der Waals surface area contributed by atoms with E-state index in [1.807, 2.05) is 49.8 Å². The molecule has 0 aromatic carbocycles. The average molecular weight is 800 g/mol. The van der Waals surface area contributed by atoms with Gasteiger partial charge in [-0.15, -0.1) is 0 Å². The summed E-state index contributed by atoms with van der Waals surface area (Å²) in [6, 6.07) is 6.22. The number of hydrogen-bond donors (Lipinski definition) is 2. The van der Waals surface area contributed by atoms with Crippen LogP contribution in [0.15, 0.2) is 30.6 Å². The molecule has 16 nitrogen and oxygen atoms in total. The number of amides is 1. The van der Waals surface area contributed by atoms with E-state index in [2.05, 4.69) is 33.3 Å². The summed E-state index contributed by atoms with van der Waals surface area (Å²) in [5.74, 6) is 2.33. The summed E-state index contributed by atoms with van der Waals surface area (Å²) in [4.78, 5) is 25.8. The van der Waals surface area contributed by atoms with Gasteiger partial charge in [0.15, 0.2) is 5.65 Å². The number of pyridine rings is 1. The molecule has 0 spiro atoms. The van der Waals surface area contributed by atoms with Crippen LogP contribution in [0.2, 0.25) is 0 Å². The standard InChI is InChI=1S/C41H65N7O9/c1-5-33-31-44-48-36(28-37(45-39(33)48)47-14-7-6-8-34(47)13-17-49)42-29-32-9-10-38(43-30-32)56-27-25-54-23-21-52-19-18-51-20-22-53-24-26-55-35-11-15-46(16-12-35)40(50)57-41(2,3)4/h9-10,28,30-31,34-35,42,49H,5-8,11-27,29H2,1-4H3/t34-/m0/s1. The maximum Gasteiger partial charge on any atom is 0.410 e. The van der Waals surface area contributed by atoms with E-state index in [0.29, 0.717) is 91.6 Å². The molecule has 57 heavy (non-hydrogen) atoms. The number of piperidine rings is 2. The van der Waals surface area contributed by atoms with Crippen LogP contribution in [0, 0.1) is 0 Å². The lowest BCUT2D eigenvalue weighted by Gasteiger charge is -2.36. The van der Waals surface area contributed by atoms with Gasteiger partial charge in [-0.25, -0.2) is 14.8 Å². The number of aliphatic hydroxyl groups is 1. The van der Waals surface area contributed by atoms with Gasteiger partial charge in [0, 0.05) is 62.7 Å². The fourth-order valence-electron chi connectivity index (χ4n) is 6.83. The van der Waals surface area contributed by atoms with Gasteiger partial charge in [-0.2, -0.15) is 9.61 Å². The number of aryl methyl sites for hydroxylation is 1. The lowest BCUT2D eigenvalue weighted by atomic mass is 9.99. The zero-order valence-electron chi connectivity index (χ0n) is 34.5. The molecule has 16 heteroatoms. The van der Waals surface area contributed by atoms with Crippen molar-refractivity contribution in [1.82, 2.24) is 24.5 Å². The van der Waals surface area contributed by atoms with Gasteiger partial charge < -0.3 is 53.4 Å². The highest BCUT2D eigenvalue weighted by Gasteiger charge is 2.27. The Hall–Kier alpha value is -3.80. The molecule has 5 rings (SSSR count). The summed E-state index contributed by atoms with van der Waals surface area (Å²) in [6.07, 6.45) is 10.1. The van der Waals surface area contributed by atoms with Crippen molar-refractivity contribution in [3.8, 4) is 5.88 Å². The molecule has 2 N–H and O–H groups in total. The highest BCUT2D eigenvalue weighted by Crippen LogP contribution is 2.29. The number of aliphatic hydroxyl groups excluding tert-OH is 1. The molecule has 0 unspecified atom stereocenters. The van der Waals surface area contributed by atoms with E-state index in [1.165, 1.54) is 6.42 Å². The number of aromatic nitrogens is 4. The highest BCUT2D eigenvalue weighted by molar-refractivity contribution is 5.68. The van der Waals surface area contributed by atoms with E-state index < -0.39 is 5.60 Å². The van der Waals surface area contributed by atoms with Crippen LogP contribution in [0.1, 0.15) is 77.3 Å². The number of nitrogens with zero attached hydrogens (tertiary/aromatic N) is 6. The van der Waals surface area contributed by atoms with Crippen LogP contribution in [-0.2, 0) is 41.4 Å². The lowest BCUT2D eigenvalue weighted by Crippen LogP contribution is -2.43. The van der Waals surface area contributed by atoms with E-state index in [0.717, 1.165) is 73.5 Å². The molecule has 318 valence electrons. The average Bonchev–Trinajstić information content (AvgIpc) is 3.63. The molecule has 1 amide bonds. The predicted molar refractivity (Wildman–Crippen MR) is 216 cm³/mol. The van der Waals surface area contributed by atoms with Gasteiger partial charge in [-0.1, -0.05) is 13.0 Å². The molecule has 0 bridgehead atoms. The Labute approximate surface area is 337 Å². The molecular formula is C41H65N7O9. The maximum absolute atomic E-state index is 12.2. The predicted octanol–water partition coefficient (Wildman–Crippen LogP) is 4.90. The molecule has 0 aliphatic carbocycles. The summed E-state index contributed by atoms with van der Waals surface area (Å²) >= 11 is 0. The normalized spacial score (nSPS) is 16.7. The third-order valence-electron chi connectivity index (χ3n) is 9.84. The van der Waals surface area contributed by atoms with E-state index >= 15 is 0 Å². The Morgan fingerprint density at radius 1 is 0.877 bits per heavy atom. The number of hydrogen-bond acceptors (Lipinski definition) is 14. The van der Waals surface area contributed by atoms with E-state index in [9.17, 15) is 9.90 Å². The van der Waals surface area contributed by atoms with Gasteiger partial charge in [-0.3, -0.25) is 0 Å². The Kier molecular flexibility index (Phi) is 18.3. The smallest absolute Gasteiger partial charge is 0.410 e. The van der Waals surface area contributed by atoms with E-state index in [1.54, 1.807) is 4.90 Å². The van der Waals surface area contributed by atoms with Gasteiger partial charge in [0.1, 0.15) is 23.8 Å². The van der Waals surface area contributed by atoms with Gasteiger partial charge >= 0.3 is 6.09 Å². The Bertz CT molecular complexity index is 1590. The van der Waals surface area contributed by atoms with Crippen LogP contribution in [0.25, 0.3) is 5.65 Å². The van der Waals surface area contributed by atoms with Crippen LogP contribution < -0.4 is 15.0 Å². The van der Waals surface area contributed by atoms with Crippen LogP contribution in [0.3, 0.4) is 0 Å². The Morgan fingerprint density at radius 3 is 2.19 bits per heavy atom. The van der Waals surface area contributed by atoms with E-state index in [4.69, 9.17) is 38.1 Å². The van der Waals surface area contributed by atoms with Crippen LogP contribution in [-0.4, -0.2) is 146 Å². The zero-order chi connectivity index (χ0) is 40.3. The fourth-order valence-corrected chi connectivity index (χ4v) is 6.83. The first-order chi connectivity index (χ1) is 27.7. The maximum atomic E-state index is 12.2. The van der Waals surface area contributed by atoms with Gasteiger partial charge in [-0.05, 0) is 71.3 Å². The van der Waals surface area contributed by atoms with Crippen LogP contribution in [0.5, 0.6) is 5.88 Å². The second-order valence-corrected chi connectivity index (χ2v) is 15.3. The summed E-state index contributed by atoms with van der Waals surface area (Å²) in [5.41, 5.74) is 2.49. The number of fused-ring (bicyclic) bond motifs is 1. The molecule has 0 saturated carbocycles. The Balaban J connectivity index is 0.863. The summed E-state index contributed by atoms with van der Waals surface area (Å²) in [7, 11) is 0. The van der Waals surface area contributed by atoms with Crippen molar-refractivity contribution < 1.29 is 43.1 Å². The second kappa shape index (κ2) is 23.6. The highest BCUT2D eigenvalue weighted by atomic mass is 16.6. The molecule has 5 heterocycles. The monoisotopic (exact) mass is 799 g/mol. The number of rotatable bonds is 24. The van der Waals surface area contributed by atoms with Crippen molar-refractivity contribution in [2.45, 2.75) is 96.9 Å². The molecule has 2 saturated heterocycles. The minimum atomic E-state index is -0.482. The van der Waals surface area contributed by atoms with Crippen molar-refractivity contribution in [3.05, 3.63) is 41.7 Å². The number of ether oxygens (including phenoxy) is 7. The van der Waals surface area contributed by atoms with Gasteiger partial charge in [0.25, 0.3) is 0 Å². The molecule has 2 fully saturated rings. The molecule has 2 aliphatic heterocycles. The first-order valence-corrected chi connectivity index (χ1v) is 20.7. The summed E-state index contributed by atoms with van der Waals surface area (Å²) < 4.78 is 41.4. The fraction of sp³-hybridized carbons (Fsp3) is 0.707. The molecule has 3 aromatic heterocycles. The van der Waals surface area contributed by atoms with Gasteiger partial charge in [0.05, 0.1) is 71.8 Å². The first kappa shape index (κ1) is 44.3. The molecular weight excluding hydrogens is 734 g/mol. The first-order valence-electron chi connectivity index (χ1n) is 20.7. The molecule has 3 aromatic rings. The zero-order valence-corrected chi connectivity index (χ0v) is 34.5. The van der Waals surface area contributed by atoms with Crippen molar-refractivity contribution in [3.63, 3.8) is 0 Å². The van der Waals surface area contributed by atoms with E-state index in [-0.39, 0.29) is 24.8 Å². The number of likely N-dealkylation sites (tertiary alicyclic amines) is 1. The number of carbonyl (C=O) groups is 1. The Morgan fingerprint density at radius 2 is 1.56 bits per heavy atom. The lowest BCUT2D eigenvalue weighted by molar-refractivity contribution is -0.0395. The van der Waals surface area contributed by atoms with Gasteiger partial charge in [0.2, 0.25) is 5.88 Å². The minimum Gasteiger partial charge on any atom is -0.475 e. The van der Waals surface area contributed by atoms with Crippen molar-refractivity contribution in [2.75, 3.05) is 103 Å². The summed E-state index contributed by atoms with van der Waals surface area (Å²) in [5, 5.41) is 17.8. The summed E-state index contributed by atoms with van der Waals surface area (Å²) in [6.45, 7) is 15.4. The third-order valence-corrected chi connectivity index (χ3v) is 9.84. The second-order valence-electron chi connectivity index (χ2n) is 15.3. The molecule has 1 atom stereocenters. The van der Waals surface area contributed by atoms with Crippen molar-refractivity contribution in [2.24, 2.45) is 0 Å². The molecule has 0 radical (unpaired) electrons. The SMILES string of the molecule is CCc1cnn2c(NCc3ccc(OCCOCCOCCOCCOCCOC4CCN(C(=O)OC(C)(C)C)CC4)nc3)cc(N3CCCC[C@H]3CCO)nc12. The van der Waals surface area contributed by atoms with Crippen molar-refractivity contribution >= 4 is 23.4 Å². The minimum absolute atomic E-state index is 0.136. The van der Waals surface area contributed by atoms with Crippen LogP contribution in [0.4, 0.5) is 16.4 Å². The number of nitrogens with one attached hydrogen (secondary N) is 1. The topological polar surface area (TPSA) is 164 Å². The third kappa shape index (κ3) is 14.8. The quantitative estimate of drug-likeness (QED) is 0.118. The van der Waals surface area contributed by atoms with Crippen LogP contribution >= 0.6 is 0 Å². The van der Waals surface area contributed by atoms with Crippen molar-refractivity contribution in [1.29, 1.82) is 0 Å².